The van der Waals surface area contributed by atoms with Crippen molar-refractivity contribution in [3.8, 4) is 33.3 Å². The Morgan fingerprint density at radius 2 is 1.79 bits per heavy atom. The van der Waals surface area contributed by atoms with E-state index < -0.39 is 5.97 Å². The van der Waals surface area contributed by atoms with Gasteiger partial charge in [-0.15, -0.1) is 11.3 Å². The number of allylic oxidation sites excluding steroid dienone is 2. The van der Waals surface area contributed by atoms with Crippen LogP contribution in [0, 0.1) is 0 Å². The van der Waals surface area contributed by atoms with Crippen LogP contribution in [0.1, 0.15) is 53.6 Å². The van der Waals surface area contributed by atoms with Crippen LogP contribution >= 0.6 is 11.3 Å². The molecule has 1 aliphatic carbocycles. The molecule has 1 aromatic heterocycles. The summed E-state index contributed by atoms with van der Waals surface area (Å²) in [6.45, 7) is 0.901. The molecule has 2 aliphatic rings. The van der Waals surface area contributed by atoms with Gasteiger partial charge in [0.15, 0.2) is 11.5 Å². The number of benzene rings is 3. The van der Waals surface area contributed by atoms with Gasteiger partial charge >= 0.3 is 5.97 Å². The molecule has 0 spiro atoms. The molecule has 0 saturated heterocycles. The standard InChI is InChI=1S/C33H31N3O5S/c37-31(38)14-15-34-32(39)23-8-6-21(7-9-23)18-35-27-12-10-24(22-4-2-1-3-5-22)16-26(27)33-36-28(19-42-33)25-11-13-29-30(17-25)41-20-40-29/h4,6-13,16-17,19,35H,1-3,5,14-15,18,20H2,(H,34,39)(H,37,38). The van der Waals surface area contributed by atoms with E-state index in [4.69, 9.17) is 19.6 Å². The number of aliphatic carboxylic acids is 1. The van der Waals surface area contributed by atoms with Crippen molar-refractivity contribution in [2.24, 2.45) is 0 Å². The highest BCUT2D eigenvalue weighted by Crippen LogP contribution is 2.40. The molecule has 1 aliphatic heterocycles. The van der Waals surface area contributed by atoms with Crippen LogP contribution in [-0.2, 0) is 11.3 Å². The second-order valence-electron chi connectivity index (χ2n) is 10.3. The summed E-state index contributed by atoms with van der Waals surface area (Å²) in [6.07, 6.45) is 6.90. The van der Waals surface area contributed by atoms with Crippen molar-refractivity contribution < 1.29 is 24.2 Å². The van der Waals surface area contributed by atoms with E-state index in [2.05, 4.69) is 40.3 Å². The molecular weight excluding hydrogens is 550 g/mol. The predicted octanol–water partition coefficient (Wildman–Crippen LogP) is 6.98. The number of carbonyl (C=O) groups is 2. The number of nitrogens with zero attached hydrogens (tertiary/aromatic N) is 1. The fraction of sp³-hybridized carbons (Fsp3) is 0.242. The van der Waals surface area contributed by atoms with E-state index in [1.54, 1.807) is 23.5 Å². The number of aromatic nitrogens is 1. The summed E-state index contributed by atoms with van der Waals surface area (Å²) >= 11 is 1.61. The number of carbonyl (C=O) groups excluding carboxylic acids is 1. The van der Waals surface area contributed by atoms with Gasteiger partial charge < -0.3 is 25.2 Å². The van der Waals surface area contributed by atoms with Crippen molar-refractivity contribution >= 4 is 34.5 Å². The van der Waals surface area contributed by atoms with Crippen molar-refractivity contribution in [3.63, 3.8) is 0 Å². The molecule has 214 valence electrons. The topological polar surface area (TPSA) is 110 Å². The van der Waals surface area contributed by atoms with E-state index >= 15 is 0 Å². The number of nitrogens with one attached hydrogen (secondary N) is 2. The number of fused-ring (bicyclic) bond motifs is 1. The average molecular weight is 582 g/mol. The van der Waals surface area contributed by atoms with Gasteiger partial charge in [-0.25, -0.2) is 4.98 Å². The fourth-order valence-corrected chi connectivity index (χ4v) is 5.98. The number of anilines is 1. The molecule has 0 unspecified atom stereocenters. The molecule has 3 aromatic carbocycles. The zero-order valence-corrected chi connectivity index (χ0v) is 23.8. The van der Waals surface area contributed by atoms with Crippen LogP contribution in [0.5, 0.6) is 11.5 Å². The highest BCUT2D eigenvalue weighted by molar-refractivity contribution is 7.13. The zero-order chi connectivity index (χ0) is 28.9. The Labute approximate surface area is 248 Å². The third-order valence-corrected chi connectivity index (χ3v) is 8.28. The van der Waals surface area contributed by atoms with Crippen LogP contribution in [0.3, 0.4) is 0 Å². The summed E-state index contributed by atoms with van der Waals surface area (Å²) in [4.78, 5) is 28.0. The molecule has 0 bridgehead atoms. The minimum Gasteiger partial charge on any atom is -0.481 e. The fourth-order valence-electron chi connectivity index (χ4n) is 5.12. The Morgan fingerprint density at radius 1 is 0.952 bits per heavy atom. The summed E-state index contributed by atoms with van der Waals surface area (Å²) < 4.78 is 11.0. The molecule has 9 heteroatoms. The molecule has 42 heavy (non-hydrogen) atoms. The van der Waals surface area contributed by atoms with Crippen LogP contribution in [0.4, 0.5) is 5.69 Å². The van der Waals surface area contributed by atoms with Gasteiger partial charge in [0.1, 0.15) is 5.01 Å². The molecular formula is C33H31N3O5S. The van der Waals surface area contributed by atoms with Crippen molar-refractivity contribution in [2.75, 3.05) is 18.7 Å². The smallest absolute Gasteiger partial charge is 0.305 e. The second kappa shape index (κ2) is 12.5. The molecule has 0 saturated carbocycles. The molecule has 6 rings (SSSR count). The first-order valence-corrected chi connectivity index (χ1v) is 14.9. The van der Waals surface area contributed by atoms with Crippen LogP contribution in [0.25, 0.3) is 27.4 Å². The number of rotatable bonds is 10. The van der Waals surface area contributed by atoms with E-state index in [1.165, 1.54) is 24.0 Å². The molecule has 0 fully saturated rings. The average Bonchev–Trinajstić information content (AvgIpc) is 3.70. The van der Waals surface area contributed by atoms with Gasteiger partial charge in [0.2, 0.25) is 6.79 Å². The maximum absolute atomic E-state index is 12.3. The number of hydrogen-bond acceptors (Lipinski definition) is 7. The van der Waals surface area contributed by atoms with Gasteiger partial charge in [0, 0.05) is 40.8 Å². The lowest BCUT2D eigenvalue weighted by atomic mass is 9.92. The van der Waals surface area contributed by atoms with Crippen LogP contribution in [0.2, 0.25) is 0 Å². The van der Waals surface area contributed by atoms with E-state index in [1.807, 2.05) is 30.3 Å². The molecule has 4 aromatic rings. The van der Waals surface area contributed by atoms with E-state index in [0.717, 1.165) is 57.4 Å². The van der Waals surface area contributed by atoms with Gasteiger partial charge in [0.05, 0.1) is 12.1 Å². The number of ether oxygens (including phenoxy) is 2. The van der Waals surface area contributed by atoms with Gasteiger partial charge in [-0.05, 0) is 84.8 Å². The number of hydrogen-bond donors (Lipinski definition) is 3. The minimum atomic E-state index is -0.943. The van der Waals surface area contributed by atoms with E-state index in [9.17, 15) is 9.59 Å². The summed E-state index contributed by atoms with van der Waals surface area (Å²) in [7, 11) is 0. The first-order valence-electron chi connectivity index (χ1n) is 14.1. The van der Waals surface area contributed by atoms with Crippen molar-refractivity contribution in [1.82, 2.24) is 10.3 Å². The Kier molecular flexibility index (Phi) is 8.18. The lowest BCUT2D eigenvalue weighted by Gasteiger charge is -2.17. The SMILES string of the molecule is O=C(O)CCNC(=O)c1ccc(CNc2ccc(C3=CCCCC3)cc2-c2nc(-c3ccc4c(c3)OCO4)cs2)cc1. The minimum absolute atomic E-state index is 0.0975. The maximum atomic E-state index is 12.3. The zero-order valence-electron chi connectivity index (χ0n) is 23.0. The second-order valence-corrected chi connectivity index (χ2v) is 11.1. The highest BCUT2D eigenvalue weighted by atomic mass is 32.1. The predicted molar refractivity (Wildman–Crippen MR) is 164 cm³/mol. The van der Waals surface area contributed by atoms with Crippen molar-refractivity contribution in [1.29, 1.82) is 0 Å². The van der Waals surface area contributed by atoms with Gasteiger partial charge in [-0.2, -0.15) is 0 Å². The third-order valence-electron chi connectivity index (χ3n) is 7.41. The Balaban J connectivity index is 1.22. The van der Waals surface area contributed by atoms with Crippen molar-refractivity contribution in [3.05, 3.63) is 88.8 Å². The third kappa shape index (κ3) is 6.31. The van der Waals surface area contributed by atoms with Crippen LogP contribution in [-0.4, -0.2) is 35.3 Å². The molecule has 0 radical (unpaired) electrons. The number of thiazole rings is 1. The number of carboxylic acids is 1. The Hall–Kier alpha value is -4.63. The summed E-state index contributed by atoms with van der Waals surface area (Å²) in [6, 6.07) is 19.8. The molecule has 1 amide bonds. The van der Waals surface area contributed by atoms with Crippen LogP contribution < -0.4 is 20.1 Å². The maximum Gasteiger partial charge on any atom is 0.305 e. The lowest BCUT2D eigenvalue weighted by molar-refractivity contribution is -0.136. The van der Waals surface area contributed by atoms with E-state index in [-0.39, 0.29) is 25.7 Å². The molecule has 2 heterocycles. The summed E-state index contributed by atoms with van der Waals surface area (Å²) in [5.74, 6) is 0.259. The normalized spacial score (nSPS) is 13.9. The monoisotopic (exact) mass is 581 g/mol. The van der Waals surface area contributed by atoms with Crippen molar-refractivity contribution in [2.45, 2.75) is 38.6 Å². The first kappa shape index (κ1) is 27.5. The Bertz CT molecular complexity index is 1640. The molecule has 3 N–H and O–H groups in total. The van der Waals surface area contributed by atoms with Gasteiger partial charge in [0.25, 0.3) is 5.91 Å². The molecule has 0 atom stereocenters. The molecule has 8 nitrogen and oxygen atoms in total. The first-order chi connectivity index (χ1) is 20.5. The number of carboxylic acid groups (broad SMARTS) is 1. The summed E-state index contributed by atoms with van der Waals surface area (Å²) in [5.41, 5.74) is 8.03. The van der Waals surface area contributed by atoms with Gasteiger partial charge in [-0.1, -0.05) is 24.3 Å². The quantitative estimate of drug-likeness (QED) is 0.185. The highest BCUT2D eigenvalue weighted by Gasteiger charge is 2.18. The van der Waals surface area contributed by atoms with Gasteiger partial charge in [-0.3, -0.25) is 9.59 Å². The lowest BCUT2D eigenvalue weighted by Crippen LogP contribution is -2.25. The van der Waals surface area contributed by atoms with Crippen LogP contribution in [0.15, 0.2) is 72.1 Å². The van der Waals surface area contributed by atoms with E-state index in [0.29, 0.717) is 12.1 Å². The summed E-state index contributed by atoms with van der Waals surface area (Å²) in [5, 5.41) is 18.0. The number of amides is 1. The Morgan fingerprint density at radius 3 is 2.60 bits per heavy atom. The largest absolute Gasteiger partial charge is 0.481 e.